The predicted molar refractivity (Wildman–Crippen MR) is 192 cm³/mol. The Morgan fingerprint density at radius 1 is 0.960 bits per heavy atom. The van der Waals surface area contributed by atoms with Crippen LogP contribution >= 0.6 is 0 Å². The fourth-order valence-corrected chi connectivity index (χ4v) is 5.77. The van der Waals surface area contributed by atoms with Crippen molar-refractivity contribution < 1.29 is 38.5 Å². The zero-order valence-corrected chi connectivity index (χ0v) is 31.6. The minimum atomic E-state index is -1.27. The fourth-order valence-electron chi connectivity index (χ4n) is 5.77. The molecule has 0 spiro atoms. The lowest BCUT2D eigenvalue weighted by atomic mass is 9.78. The van der Waals surface area contributed by atoms with Gasteiger partial charge in [0.15, 0.2) is 0 Å². The Balaban J connectivity index is 2.23. The van der Waals surface area contributed by atoms with Gasteiger partial charge in [0.1, 0.15) is 18.0 Å². The molecule has 1 aliphatic rings. The van der Waals surface area contributed by atoms with Crippen LogP contribution in [0.2, 0.25) is 0 Å². The molecule has 7 N–H and O–H groups in total. The molecule has 13 nitrogen and oxygen atoms in total. The van der Waals surface area contributed by atoms with E-state index in [0.717, 1.165) is 13.1 Å². The van der Waals surface area contributed by atoms with E-state index in [-0.39, 0.29) is 37.1 Å². The smallest absolute Gasteiger partial charge is 0.312 e. The first-order chi connectivity index (χ1) is 23.2. The van der Waals surface area contributed by atoms with Crippen LogP contribution in [0.3, 0.4) is 0 Å². The average molecular weight is 706 g/mol. The summed E-state index contributed by atoms with van der Waals surface area (Å²) in [5.74, 6) is -3.99. The van der Waals surface area contributed by atoms with E-state index < -0.39 is 58.8 Å². The highest BCUT2D eigenvalue weighted by Crippen LogP contribution is 2.31. The van der Waals surface area contributed by atoms with Gasteiger partial charge in [-0.05, 0) is 77.3 Å². The van der Waals surface area contributed by atoms with Gasteiger partial charge in [-0.25, -0.2) is 0 Å². The van der Waals surface area contributed by atoms with Gasteiger partial charge in [-0.15, -0.1) is 0 Å². The molecule has 1 heterocycles. The number of nitrogens with two attached hydrogens (primary N) is 2. The molecule has 1 saturated heterocycles. The number of carbonyl (C=O) groups excluding carboxylic acids is 4. The molecule has 0 aromatic heterocycles. The molecule has 0 saturated carbocycles. The number of hydrogen-bond acceptors (Lipinski definition) is 10. The van der Waals surface area contributed by atoms with Crippen molar-refractivity contribution in [3.05, 3.63) is 29.8 Å². The van der Waals surface area contributed by atoms with E-state index in [1.54, 1.807) is 58.9 Å². The van der Waals surface area contributed by atoms with E-state index in [9.17, 15) is 24.3 Å². The Morgan fingerprint density at radius 2 is 1.58 bits per heavy atom. The third-order valence-corrected chi connectivity index (χ3v) is 9.22. The number of esters is 1. The summed E-state index contributed by atoms with van der Waals surface area (Å²) >= 11 is 0. The van der Waals surface area contributed by atoms with Gasteiger partial charge in [0.2, 0.25) is 11.8 Å². The second-order valence-electron chi connectivity index (χ2n) is 15.7. The highest BCUT2D eigenvalue weighted by molar-refractivity contribution is 5.97. The van der Waals surface area contributed by atoms with E-state index in [2.05, 4.69) is 15.5 Å². The number of nitrogens with zero attached hydrogens (tertiary/aromatic N) is 1. The summed E-state index contributed by atoms with van der Waals surface area (Å²) in [5, 5.41) is 17.3. The highest BCUT2D eigenvalue weighted by atomic mass is 16.6. The van der Waals surface area contributed by atoms with Crippen molar-refractivity contribution >= 4 is 23.7 Å². The number of rotatable bonds is 19. The van der Waals surface area contributed by atoms with Gasteiger partial charge < -0.3 is 41.4 Å². The van der Waals surface area contributed by atoms with Gasteiger partial charge in [0.25, 0.3) is 5.91 Å². The molecule has 1 fully saturated rings. The molecule has 3 amide bonds. The molecule has 1 unspecified atom stereocenters. The largest absolute Gasteiger partial charge is 0.491 e. The van der Waals surface area contributed by atoms with E-state index >= 15 is 0 Å². The zero-order chi connectivity index (χ0) is 37.8. The first kappa shape index (κ1) is 42.9. The number of ether oxygens (including phenoxy) is 3. The van der Waals surface area contributed by atoms with Gasteiger partial charge in [0.05, 0.1) is 42.4 Å². The monoisotopic (exact) mass is 705 g/mol. The molecule has 50 heavy (non-hydrogen) atoms. The van der Waals surface area contributed by atoms with Crippen molar-refractivity contribution in [2.75, 3.05) is 46.0 Å². The lowest BCUT2D eigenvalue weighted by Crippen LogP contribution is -2.50. The van der Waals surface area contributed by atoms with Crippen molar-refractivity contribution in [3.63, 3.8) is 0 Å². The SMILES string of the molecule is CC(C)[C@H](C[C@H](C(=O)OC(C)(C)C)[C@@H](O)C[C@H](C(=O)NCC(C)(C)C(N)=O)C(C)C)C(N)NC(=O)c1ccccc1OCCN1CCOCC1. The molecule has 2 rings (SSSR count). The molecule has 0 bridgehead atoms. The van der Waals surface area contributed by atoms with Gasteiger partial charge in [-0.1, -0.05) is 39.8 Å². The third-order valence-electron chi connectivity index (χ3n) is 9.22. The predicted octanol–water partition coefficient (Wildman–Crippen LogP) is 2.68. The summed E-state index contributed by atoms with van der Waals surface area (Å²) in [6.45, 7) is 20.2. The molecule has 5 atom stereocenters. The van der Waals surface area contributed by atoms with Crippen LogP contribution in [0.1, 0.15) is 85.5 Å². The standard InChI is InChI=1S/C37H63N5O8/c1-23(2)26(31(38)41-33(45)25-12-10-11-13-30(25)49-19-16-42-14-17-48-18-15-42)20-28(34(46)50-36(5,6)7)29(43)21-27(24(3)4)32(44)40-22-37(8,9)35(39)47/h10-13,23-24,26-29,31,43H,14-22,38H2,1-9H3,(H2,39,47)(H,40,44)(H,41,45)/t26-,27-,28-,29-,31?/m0/s1. The molecule has 1 aromatic carbocycles. The number of nitrogens with one attached hydrogen (secondary N) is 2. The number of morpholine rings is 1. The topological polar surface area (TPSA) is 196 Å². The number of primary amides is 1. The van der Waals surface area contributed by atoms with Crippen molar-refractivity contribution in [2.24, 2.45) is 46.5 Å². The van der Waals surface area contributed by atoms with E-state index in [4.69, 9.17) is 25.7 Å². The molecular formula is C37H63N5O8. The summed E-state index contributed by atoms with van der Waals surface area (Å²) in [4.78, 5) is 54.6. The first-order valence-corrected chi connectivity index (χ1v) is 17.8. The van der Waals surface area contributed by atoms with Crippen LogP contribution in [0.15, 0.2) is 24.3 Å². The van der Waals surface area contributed by atoms with Gasteiger partial charge in [-0.2, -0.15) is 0 Å². The number of amides is 3. The molecule has 0 radical (unpaired) electrons. The lowest BCUT2D eigenvalue weighted by molar-refractivity contribution is -0.166. The van der Waals surface area contributed by atoms with Gasteiger partial charge in [-0.3, -0.25) is 24.1 Å². The molecule has 0 aliphatic carbocycles. The quantitative estimate of drug-likeness (QED) is 0.106. The summed E-state index contributed by atoms with van der Waals surface area (Å²) in [6.07, 6.45) is -2.10. The van der Waals surface area contributed by atoms with Crippen LogP contribution in [-0.4, -0.2) is 97.6 Å². The highest BCUT2D eigenvalue weighted by Gasteiger charge is 2.39. The van der Waals surface area contributed by atoms with Crippen LogP contribution in [0.4, 0.5) is 0 Å². The lowest BCUT2D eigenvalue weighted by Gasteiger charge is -2.35. The minimum Gasteiger partial charge on any atom is -0.491 e. The average Bonchev–Trinajstić information content (AvgIpc) is 3.02. The Labute approximate surface area is 298 Å². The Morgan fingerprint density at radius 3 is 2.14 bits per heavy atom. The van der Waals surface area contributed by atoms with Crippen LogP contribution in [0.5, 0.6) is 5.75 Å². The van der Waals surface area contributed by atoms with Crippen LogP contribution < -0.4 is 26.8 Å². The first-order valence-electron chi connectivity index (χ1n) is 17.8. The van der Waals surface area contributed by atoms with Gasteiger partial charge >= 0.3 is 5.97 Å². The Kier molecular flexibility index (Phi) is 16.6. The Bertz CT molecular complexity index is 1260. The zero-order valence-electron chi connectivity index (χ0n) is 31.6. The van der Waals surface area contributed by atoms with Crippen molar-refractivity contribution in [3.8, 4) is 5.75 Å². The maximum Gasteiger partial charge on any atom is 0.312 e. The van der Waals surface area contributed by atoms with Crippen LogP contribution in [-0.2, 0) is 23.9 Å². The number of carbonyl (C=O) groups is 4. The number of hydrogen-bond donors (Lipinski definition) is 5. The second-order valence-corrected chi connectivity index (χ2v) is 15.7. The van der Waals surface area contributed by atoms with Crippen molar-refractivity contribution in [1.82, 2.24) is 15.5 Å². The minimum absolute atomic E-state index is 0.0298. The molecule has 13 heteroatoms. The van der Waals surface area contributed by atoms with Crippen molar-refractivity contribution in [1.29, 1.82) is 0 Å². The van der Waals surface area contributed by atoms with E-state index in [1.807, 2.05) is 27.7 Å². The van der Waals surface area contributed by atoms with E-state index in [1.165, 1.54) is 0 Å². The van der Waals surface area contributed by atoms with Crippen LogP contribution in [0, 0.1) is 35.0 Å². The Hall–Kier alpha value is -3.26. The van der Waals surface area contributed by atoms with Gasteiger partial charge in [0, 0.05) is 32.1 Å². The number of benzene rings is 1. The molecule has 284 valence electrons. The number of aliphatic hydroxyl groups excluding tert-OH is 1. The maximum atomic E-state index is 13.6. The second kappa shape index (κ2) is 19.4. The normalized spacial score (nSPS) is 17.4. The summed E-state index contributed by atoms with van der Waals surface area (Å²) in [5.41, 5.74) is 10.7. The fraction of sp³-hybridized carbons (Fsp3) is 0.730. The van der Waals surface area contributed by atoms with E-state index in [0.29, 0.717) is 37.7 Å². The number of para-hydroxylation sites is 1. The van der Waals surface area contributed by atoms with Crippen molar-refractivity contribution in [2.45, 2.75) is 93.0 Å². The molecular weight excluding hydrogens is 642 g/mol. The summed E-state index contributed by atoms with van der Waals surface area (Å²) < 4.78 is 17.2. The summed E-state index contributed by atoms with van der Waals surface area (Å²) in [6, 6.07) is 6.96. The molecule has 1 aromatic rings. The van der Waals surface area contributed by atoms with Crippen LogP contribution in [0.25, 0.3) is 0 Å². The summed E-state index contributed by atoms with van der Waals surface area (Å²) in [7, 11) is 0. The maximum absolute atomic E-state index is 13.6. The third kappa shape index (κ3) is 13.8. The molecule has 1 aliphatic heterocycles. The number of aliphatic hydroxyl groups is 1.